The molecule has 1 aliphatic heterocycles. The lowest BCUT2D eigenvalue weighted by Gasteiger charge is -2.11. The summed E-state index contributed by atoms with van der Waals surface area (Å²) in [5.74, 6) is -1.88. The molecule has 0 unspecified atom stereocenters. The molecule has 0 saturated carbocycles. The zero-order valence-corrected chi connectivity index (χ0v) is 17.5. The van der Waals surface area contributed by atoms with Crippen molar-refractivity contribution in [3.8, 4) is 22.8 Å². The van der Waals surface area contributed by atoms with E-state index in [1.165, 1.54) is 49.4 Å². The van der Waals surface area contributed by atoms with Crippen LogP contribution in [-0.2, 0) is 6.18 Å². The lowest BCUT2D eigenvalue weighted by Crippen LogP contribution is -2.27. The number of halogens is 5. The highest BCUT2D eigenvalue weighted by Crippen LogP contribution is 2.45. The minimum absolute atomic E-state index is 0.0848. The van der Waals surface area contributed by atoms with Crippen molar-refractivity contribution in [2.45, 2.75) is 19.4 Å². The zero-order valence-electron chi connectivity index (χ0n) is 17.5. The summed E-state index contributed by atoms with van der Waals surface area (Å²) >= 11 is 0. The molecule has 2 N–H and O–H groups in total. The van der Waals surface area contributed by atoms with E-state index in [-0.39, 0.29) is 22.7 Å². The molecular formula is C22H13F5N4O4. The summed E-state index contributed by atoms with van der Waals surface area (Å²) < 4.78 is 77.8. The van der Waals surface area contributed by atoms with Crippen LogP contribution in [0.5, 0.6) is 11.5 Å². The molecule has 0 bridgehead atoms. The number of nitrogens with zero attached hydrogens (tertiary/aromatic N) is 2. The van der Waals surface area contributed by atoms with E-state index in [9.17, 15) is 31.5 Å². The Bertz CT molecular complexity index is 1540. The molecule has 3 heterocycles. The third-order valence-electron chi connectivity index (χ3n) is 5.18. The summed E-state index contributed by atoms with van der Waals surface area (Å²) in [6.45, 7) is 1.31. The van der Waals surface area contributed by atoms with Crippen molar-refractivity contribution in [1.29, 1.82) is 0 Å². The van der Waals surface area contributed by atoms with E-state index in [2.05, 4.69) is 24.9 Å². The maximum absolute atomic E-state index is 13.8. The average molecular weight is 492 g/mol. The number of alkyl halides is 5. The van der Waals surface area contributed by atoms with E-state index in [4.69, 9.17) is 0 Å². The first kappa shape index (κ1) is 22.4. The fraction of sp³-hybridized carbons (Fsp3) is 0.136. The van der Waals surface area contributed by atoms with Crippen molar-refractivity contribution in [3.05, 3.63) is 75.7 Å². The van der Waals surface area contributed by atoms with Gasteiger partial charge in [-0.2, -0.15) is 13.2 Å². The highest BCUT2D eigenvalue weighted by atomic mass is 19.4. The third-order valence-corrected chi connectivity index (χ3v) is 5.18. The van der Waals surface area contributed by atoms with Crippen molar-refractivity contribution >= 4 is 17.2 Å². The maximum atomic E-state index is 13.8. The van der Waals surface area contributed by atoms with Crippen LogP contribution in [0.25, 0.3) is 16.9 Å². The Labute approximate surface area is 191 Å². The molecule has 5 rings (SSSR count). The van der Waals surface area contributed by atoms with Crippen LogP contribution < -0.4 is 20.2 Å². The van der Waals surface area contributed by atoms with Gasteiger partial charge < -0.3 is 14.8 Å². The van der Waals surface area contributed by atoms with E-state index in [1.54, 1.807) is 6.07 Å². The van der Waals surface area contributed by atoms with Gasteiger partial charge in [-0.25, -0.2) is 9.50 Å². The van der Waals surface area contributed by atoms with E-state index in [1.807, 2.05) is 0 Å². The number of nitrogens with one attached hydrogen (secondary N) is 2. The lowest BCUT2D eigenvalue weighted by atomic mass is 10.1. The normalized spacial score (nSPS) is 14.3. The number of anilines is 1. The van der Waals surface area contributed by atoms with Gasteiger partial charge >= 0.3 is 12.5 Å². The average Bonchev–Trinajstić information content (AvgIpc) is 3.31. The molecule has 0 radical (unpaired) electrons. The van der Waals surface area contributed by atoms with Gasteiger partial charge in [0.05, 0.1) is 5.69 Å². The molecular weight excluding hydrogens is 479 g/mol. The quantitative estimate of drug-likeness (QED) is 0.408. The number of carbonyl (C=O) groups excluding carboxylic acids is 1. The maximum Gasteiger partial charge on any atom is 0.586 e. The van der Waals surface area contributed by atoms with Crippen LogP contribution in [0, 0.1) is 6.92 Å². The number of aryl methyl sites for hydroxylation is 1. The number of para-hydroxylation sites is 1. The van der Waals surface area contributed by atoms with Crippen LogP contribution in [0.3, 0.4) is 0 Å². The highest BCUT2D eigenvalue weighted by Gasteiger charge is 2.45. The summed E-state index contributed by atoms with van der Waals surface area (Å²) in [4.78, 5) is 29.6. The molecule has 1 aliphatic rings. The summed E-state index contributed by atoms with van der Waals surface area (Å²) in [5, 5.41) is 4.88. The molecule has 2 aromatic heterocycles. The second kappa shape index (κ2) is 7.55. The van der Waals surface area contributed by atoms with Crippen LogP contribution in [0.1, 0.15) is 21.7 Å². The molecule has 0 saturated heterocycles. The Hall–Kier alpha value is -4.42. The topological polar surface area (TPSA) is 97.7 Å². The molecule has 13 heteroatoms. The van der Waals surface area contributed by atoms with E-state index in [0.717, 1.165) is 4.52 Å². The van der Waals surface area contributed by atoms with E-state index < -0.39 is 52.2 Å². The first-order valence-electron chi connectivity index (χ1n) is 9.94. The molecule has 2 aromatic carbocycles. The van der Waals surface area contributed by atoms with Crippen molar-refractivity contribution in [2.24, 2.45) is 0 Å². The Morgan fingerprint density at radius 2 is 1.80 bits per heavy atom. The molecule has 4 aromatic rings. The number of rotatable bonds is 3. The van der Waals surface area contributed by atoms with Crippen molar-refractivity contribution in [3.63, 3.8) is 0 Å². The van der Waals surface area contributed by atoms with Gasteiger partial charge in [0.1, 0.15) is 11.3 Å². The SMILES string of the molecule is Cc1[nH]n2c(-c3ccccc3)c(C(F)(F)F)nc2c(=O)c1C(=O)Nc1cccc2c1OC(F)(F)O2. The number of amides is 1. The van der Waals surface area contributed by atoms with Crippen molar-refractivity contribution < 1.29 is 36.2 Å². The predicted molar refractivity (Wildman–Crippen MR) is 112 cm³/mol. The molecule has 1 amide bonds. The third kappa shape index (κ3) is 3.74. The Balaban J connectivity index is 1.63. The summed E-state index contributed by atoms with van der Waals surface area (Å²) in [6.07, 6.45) is -8.85. The van der Waals surface area contributed by atoms with Gasteiger partial charge in [0.15, 0.2) is 17.2 Å². The van der Waals surface area contributed by atoms with Crippen LogP contribution in [0.2, 0.25) is 0 Å². The highest BCUT2D eigenvalue weighted by molar-refractivity contribution is 6.06. The smallest absolute Gasteiger partial charge is 0.395 e. The monoisotopic (exact) mass is 492 g/mol. The van der Waals surface area contributed by atoms with E-state index >= 15 is 0 Å². The molecule has 180 valence electrons. The Kier molecular flexibility index (Phi) is 4.83. The van der Waals surface area contributed by atoms with Gasteiger partial charge in [-0.05, 0) is 19.1 Å². The summed E-state index contributed by atoms with van der Waals surface area (Å²) in [5.41, 5.74) is -4.22. The second-order valence-electron chi connectivity index (χ2n) is 7.53. The minimum Gasteiger partial charge on any atom is -0.395 e. The number of benzene rings is 2. The standard InChI is InChI=1S/C22H13F5N4O4/c1-10-14(20(33)28-12-8-5-9-13-17(12)35-22(26,27)34-13)16(32)19-29-18(21(23,24)25)15(31(19)30-10)11-6-3-2-4-7-11/h2-9,30H,1H3,(H,28,33). The fourth-order valence-electron chi connectivity index (χ4n) is 3.77. The van der Waals surface area contributed by atoms with Crippen LogP contribution >= 0.6 is 0 Å². The minimum atomic E-state index is -4.90. The summed E-state index contributed by atoms with van der Waals surface area (Å²) in [6, 6.07) is 11.2. The molecule has 0 fully saturated rings. The van der Waals surface area contributed by atoms with Crippen LogP contribution in [-0.4, -0.2) is 26.8 Å². The summed E-state index contributed by atoms with van der Waals surface area (Å²) in [7, 11) is 0. The van der Waals surface area contributed by atoms with Gasteiger partial charge in [-0.3, -0.25) is 14.7 Å². The molecule has 0 spiro atoms. The number of hydrogen-bond donors (Lipinski definition) is 2. The molecule has 0 atom stereocenters. The van der Waals surface area contributed by atoms with E-state index in [0.29, 0.717) is 0 Å². The number of aromatic nitrogens is 3. The fourth-order valence-corrected chi connectivity index (χ4v) is 3.77. The number of carbonyl (C=O) groups is 1. The number of hydrogen-bond acceptors (Lipinski definition) is 5. The van der Waals surface area contributed by atoms with Gasteiger partial charge in [0.25, 0.3) is 5.91 Å². The zero-order chi connectivity index (χ0) is 25.1. The molecule has 0 aliphatic carbocycles. The Morgan fingerprint density at radius 3 is 2.49 bits per heavy atom. The predicted octanol–water partition coefficient (Wildman–Crippen LogP) is 4.59. The van der Waals surface area contributed by atoms with Crippen molar-refractivity contribution in [1.82, 2.24) is 14.6 Å². The van der Waals surface area contributed by atoms with Crippen LogP contribution in [0.4, 0.5) is 27.6 Å². The number of fused-ring (bicyclic) bond motifs is 2. The van der Waals surface area contributed by atoms with Crippen molar-refractivity contribution in [2.75, 3.05) is 5.32 Å². The van der Waals surface area contributed by atoms with Gasteiger partial charge in [-0.15, -0.1) is 8.78 Å². The van der Waals surface area contributed by atoms with Gasteiger partial charge in [0, 0.05) is 11.3 Å². The largest absolute Gasteiger partial charge is 0.586 e. The molecule has 35 heavy (non-hydrogen) atoms. The number of H-pyrrole nitrogens is 1. The lowest BCUT2D eigenvalue weighted by molar-refractivity contribution is -0.286. The number of aromatic amines is 1. The molecule has 8 nitrogen and oxygen atoms in total. The van der Waals surface area contributed by atoms with Crippen LogP contribution in [0.15, 0.2) is 53.3 Å². The second-order valence-corrected chi connectivity index (χ2v) is 7.53. The first-order chi connectivity index (χ1) is 16.5. The van der Waals surface area contributed by atoms with Gasteiger partial charge in [-0.1, -0.05) is 36.4 Å². The Morgan fingerprint density at radius 1 is 1.09 bits per heavy atom. The number of ether oxygens (including phenoxy) is 2. The first-order valence-corrected chi connectivity index (χ1v) is 9.94. The van der Waals surface area contributed by atoms with Gasteiger partial charge in [0.2, 0.25) is 11.1 Å². The number of imidazole rings is 1.